The summed E-state index contributed by atoms with van der Waals surface area (Å²) >= 11 is 0. The Balaban J connectivity index is 2.37. The molecule has 1 aromatic rings. The maximum Gasteiger partial charge on any atom is 0.419 e. The van der Waals surface area contributed by atoms with Gasteiger partial charge in [0.2, 0.25) is 0 Å². The molecule has 6 nitrogen and oxygen atoms in total. The third kappa shape index (κ3) is 7.18. The van der Waals surface area contributed by atoms with Gasteiger partial charge in [0.1, 0.15) is 5.82 Å². The fourth-order valence-corrected chi connectivity index (χ4v) is 1.74. The molecule has 0 aliphatic heterocycles. The highest BCUT2D eigenvalue weighted by Crippen LogP contribution is 2.33. The number of aromatic nitrogens is 1. The van der Waals surface area contributed by atoms with E-state index in [1.54, 1.807) is 7.05 Å². The molecule has 0 amide bonds. The second-order valence-electron chi connectivity index (χ2n) is 4.45. The molecule has 130 valence electrons. The highest BCUT2D eigenvalue weighted by atomic mass is 19.4. The Morgan fingerprint density at radius 3 is 2.65 bits per heavy atom. The summed E-state index contributed by atoms with van der Waals surface area (Å²) in [6.45, 7) is 4.36. The Bertz CT molecular complexity index is 494. The van der Waals surface area contributed by atoms with Crippen molar-refractivity contribution in [3.05, 3.63) is 23.9 Å². The third-order valence-electron chi connectivity index (χ3n) is 2.79. The molecule has 9 heteroatoms. The van der Waals surface area contributed by atoms with Crippen molar-refractivity contribution in [2.24, 2.45) is 4.99 Å². The smallest absolute Gasteiger partial charge is 0.380 e. The predicted octanol–water partition coefficient (Wildman–Crippen LogP) is 1.71. The lowest BCUT2D eigenvalue weighted by molar-refractivity contribution is -0.137. The summed E-state index contributed by atoms with van der Waals surface area (Å²) in [6.07, 6.45) is -3.11. The average Bonchev–Trinajstić information content (AvgIpc) is 2.53. The van der Waals surface area contributed by atoms with Crippen LogP contribution in [-0.4, -0.2) is 50.8 Å². The Morgan fingerprint density at radius 1 is 1.26 bits per heavy atom. The van der Waals surface area contributed by atoms with Crippen molar-refractivity contribution in [2.45, 2.75) is 13.1 Å². The Kier molecular flexibility index (Phi) is 8.17. The van der Waals surface area contributed by atoms with E-state index in [0.29, 0.717) is 32.3 Å². The van der Waals surface area contributed by atoms with Gasteiger partial charge in [0.05, 0.1) is 12.2 Å². The fraction of sp³-hybridized carbons (Fsp3) is 0.571. The van der Waals surface area contributed by atoms with Crippen molar-refractivity contribution in [1.29, 1.82) is 0 Å². The topological polar surface area (TPSA) is 70.6 Å². The van der Waals surface area contributed by atoms with Crippen LogP contribution in [0.4, 0.5) is 19.0 Å². The number of rotatable bonds is 8. The Morgan fingerprint density at radius 2 is 2.00 bits per heavy atom. The summed E-state index contributed by atoms with van der Waals surface area (Å²) < 4.78 is 43.6. The van der Waals surface area contributed by atoms with E-state index >= 15 is 0 Å². The van der Waals surface area contributed by atoms with Crippen molar-refractivity contribution < 1.29 is 17.9 Å². The minimum Gasteiger partial charge on any atom is -0.380 e. The van der Waals surface area contributed by atoms with Gasteiger partial charge in [-0.1, -0.05) is 0 Å². The van der Waals surface area contributed by atoms with Crippen LogP contribution in [0.2, 0.25) is 0 Å². The largest absolute Gasteiger partial charge is 0.419 e. The molecule has 0 fully saturated rings. The highest BCUT2D eigenvalue weighted by molar-refractivity contribution is 5.79. The molecule has 1 heterocycles. The van der Waals surface area contributed by atoms with E-state index in [1.165, 1.54) is 12.3 Å². The van der Waals surface area contributed by atoms with Gasteiger partial charge in [-0.05, 0) is 19.1 Å². The molecule has 0 aliphatic carbocycles. The zero-order valence-electron chi connectivity index (χ0n) is 13.2. The van der Waals surface area contributed by atoms with E-state index in [0.717, 1.165) is 6.07 Å². The molecule has 0 bridgehead atoms. The Labute approximate surface area is 133 Å². The van der Waals surface area contributed by atoms with Gasteiger partial charge in [-0.2, -0.15) is 13.2 Å². The first kappa shape index (κ1) is 19.0. The molecule has 0 aliphatic rings. The number of aliphatic imine (C=N–C) groups is 1. The molecule has 0 radical (unpaired) electrons. The van der Waals surface area contributed by atoms with Gasteiger partial charge in [0.25, 0.3) is 0 Å². The van der Waals surface area contributed by atoms with Crippen LogP contribution in [0, 0.1) is 0 Å². The summed E-state index contributed by atoms with van der Waals surface area (Å²) in [4.78, 5) is 7.73. The van der Waals surface area contributed by atoms with Crippen molar-refractivity contribution in [1.82, 2.24) is 15.6 Å². The number of nitrogens with one attached hydrogen (secondary N) is 3. The monoisotopic (exact) mass is 333 g/mol. The van der Waals surface area contributed by atoms with Crippen molar-refractivity contribution in [3.63, 3.8) is 0 Å². The maximum atomic E-state index is 12.8. The molecular formula is C14H22F3N5O. The van der Waals surface area contributed by atoms with E-state index in [-0.39, 0.29) is 12.4 Å². The first-order valence-electron chi connectivity index (χ1n) is 7.27. The minimum atomic E-state index is -4.43. The standard InChI is InChI=1S/C14H22F3N5O/c1-3-23-10-9-22-13(18-2)21-8-7-20-12-11(14(15,16)17)5-4-6-19-12/h4-6H,3,7-10H2,1-2H3,(H,19,20)(H2,18,21,22). The van der Waals surface area contributed by atoms with Gasteiger partial charge in [-0.3, -0.25) is 4.99 Å². The van der Waals surface area contributed by atoms with E-state index in [9.17, 15) is 13.2 Å². The van der Waals surface area contributed by atoms with Gasteiger partial charge >= 0.3 is 6.18 Å². The number of halogens is 3. The molecular weight excluding hydrogens is 311 g/mol. The highest BCUT2D eigenvalue weighted by Gasteiger charge is 2.33. The predicted molar refractivity (Wildman–Crippen MR) is 83.6 cm³/mol. The molecule has 0 aromatic carbocycles. The van der Waals surface area contributed by atoms with Gasteiger partial charge < -0.3 is 20.7 Å². The summed E-state index contributed by atoms with van der Waals surface area (Å²) in [5.41, 5.74) is -0.778. The molecule has 3 N–H and O–H groups in total. The first-order chi connectivity index (χ1) is 11.0. The number of ether oxygens (including phenoxy) is 1. The lowest BCUT2D eigenvalue weighted by Crippen LogP contribution is -2.41. The summed E-state index contributed by atoms with van der Waals surface area (Å²) in [5.74, 6) is 0.379. The summed E-state index contributed by atoms with van der Waals surface area (Å²) in [7, 11) is 1.62. The fourth-order valence-electron chi connectivity index (χ4n) is 1.74. The van der Waals surface area contributed by atoms with Crippen LogP contribution in [0.25, 0.3) is 0 Å². The van der Waals surface area contributed by atoms with Crippen LogP contribution < -0.4 is 16.0 Å². The minimum absolute atomic E-state index is 0.180. The van der Waals surface area contributed by atoms with Crippen LogP contribution >= 0.6 is 0 Å². The third-order valence-corrected chi connectivity index (χ3v) is 2.79. The molecule has 0 saturated carbocycles. The van der Waals surface area contributed by atoms with Crippen LogP contribution in [0.15, 0.2) is 23.3 Å². The van der Waals surface area contributed by atoms with Crippen LogP contribution in [0.5, 0.6) is 0 Å². The van der Waals surface area contributed by atoms with Gasteiger partial charge in [0, 0.05) is 39.5 Å². The Hall–Kier alpha value is -2.03. The molecule has 1 rings (SSSR count). The van der Waals surface area contributed by atoms with Crippen molar-refractivity contribution >= 4 is 11.8 Å². The molecule has 0 unspecified atom stereocenters. The molecule has 0 saturated heterocycles. The number of hydrogen-bond acceptors (Lipinski definition) is 4. The summed E-state index contributed by atoms with van der Waals surface area (Å²) in [5, 5.41) is 8.69. The zero-order chi connectivity index (χ0) is 17.1. The van der Waals surface area contributed by atoms with Crippen LogP contribution in [0.3, 0.4) is 0 Å². The quantitative estimate of drug-likeness (QED) is 0.384. The normalized spacial score (nSPS) is 12.1. The van der Waals surface area contributed by atoms with Gasteiger partial charge in [-0.25, -0.2) is 4.98 Å². The number of nitrogens with zero attached hydrogens (tertiary/aromatic N) is 2. The maximum absolute atomic E-state index is 12.8. The van der Waals surface area contributed by atoms with Gasteiger partial charge in [-0.15, -0.1) is 0 Å². The van der Waals surface area contributed by atoms with E-state index in [4.69, 9.17) is 4.74 Å². The molecule has 23 heavy (non-hydrogen) atoms. The lowest BCUT2D eigenvalue weighted by Gasteiger charge is -2.15. The second-order valence-corrected chi connectivity index (χ2v) is 4.45. The van der Waals surface area contributed by atoms with Crippen LogP contribution in [0.1, 0.15) is 12.5 Å². The number of anilines is 1. The number of guanidine groups is 1. The van der Waals surface area contributed by atoms with E-state index < -0.39 is 11.7 Å². The average molecular weight is 333 g/mol. The number of alkyl halides is 3. The molecule has 0 atom stereocenters. The lowest BCUT2D eigenvalue weighted by atomic mass is 10.2. The summed E-state index contributed by atoms with van der Waals surface area (Å²) in [6, 6.07) is 2.26. The van der Waals surface area contributed by atoms with Crippen molar-refractivity contribution in [2.75, 3.05) is 45.2 Å². The van der Waals surface area contributed by atoms with E-state index in [2.05, 4.69) is 25.9 Å². The van der Waals surface area contributed by atoms with Crippen molar-refractivity contribution in [3.8, 4) is 0 Å². The number of hydrogen-bond donors (Lipinski definition) is 3. The van der Waals surface area contributed by atoms with E-state index in [1.807, 2.05) is 6.92 Å². The second kappa shape index (κ2) is 9.88. The number of pyridine rings is 1. The van der Waals surface area contributed by atoms with Gasteiger partial charge in [0.15, 0.2) is 5.96 Å². The van der Waals surface area contributed by atoms with Crippen LogP contribution in [-0.2, 0) is 10.9 Å². The molecule has 0 spiro atoms. The molecule has 1 aromatic heterocycles. The first-order valence-corrected chi connectivity index (χ1v) is 7.27. The SMILES string of the molecule is CCOCCNC(=NC)NCCNc1ncccc1C(F)(F)F. The zero-order valence-corrected chi connectivity index (χ0v) is 13.2.